The number of piperazine rings is 1. The minimum absolute atomic E-state index is 0.0984. The van der Waals surface area contributed by atoms with Gasteiger partial charge in [-0.25, -0.2) is 14.8 Å². The number of amides is 2. The summed E-state index contributed by atoms with van der Waals surface area (Å²) in [6.07, 6.45) is 5.21. The van der Waals surface area contributed by atoms with Gasteiger partial charge < -0.3 is 15.1 Å². The lowest BCUT2D eigenvalue weighted by Gasteiger charge is -2.35. The Balaban J connectivity index is 1.28. The Kier molecular flexibility index (Phi) is 5.14. The quantitative estimate of drug-likeness (QED) is 0.715. The van der Waals surface area contributed by atoms with Crippen LogP contribution in [0.3, 0.4) is 0 Å². The van der Waals surface area contributed by atoms with E-state index < -0.39 is 0 Å². The number of anilines is 1. The highest BCUT2D eigenvalue weighted by molar-refractivity contribution is 5.74. The summed E-state index contributed by atoms with van der Waals surface area (Å²) in [5.74, 6) is 2.17. The van der Waals surface area contributed by atoms with Crippen LogP contribution in [0.1, 0.15) is 11.4 Å². The molecule has 9 heteroatoms. The zero-order valence-corrected chi connectivity index (χ0v) is 15.7. The lowest BCUT2D eigenvalue weighted by atomic mass is 10.2. The molecule has 3 aromatic heterocycles. The molecule has 3 aromatic rings. The van der Waals surface area contributed by atoms with Crippen molar-refractivity contribution in [1.82, 2.24) is 35.4 Å². The minimum atomic E-state index is -0.0984. The molecule has 0 spiro atoms. The van der Waals surface area contributed by atoms with Gasteiger partial charge in [-0.15, -0.1) is 0 Å². The van der Waals surface area contributed by atoms with E-state index in [4.69, 9.17) is 0 Å². The third-order valence-electron chi connectivity index (χ3n) is 4.67. The highest BCUT2D eigenvalue weighted by Crippen LogP contribution is 2.15. The molecule has 1 aliphatic heterocycles. The van der Waals surface area contributed by atoms with Crippen LogP contribution in [0.15, 0.2) is 42.9 Å². The van der Waals surface area contributed by atoms with Crippen LogP contribution in [0, 0.1) is 6.92 Å². The number of nitrogens with one attached hydrogen (secondary N) is 2. The number of hydrogen-bond acceptors (Lipinski definition) is 6. The molecule has 1 aliphatic rings. The lowest BCUT2D eigenvalue weighted by Crippen LogP contribution is -2.52. The van der Waals surface area contributed by atoms with Gasteiger partial charge in [0.05, 0.1) is 6.54 Å². The van der Waals surface area contributed by atoms with E-state index >= 15 is 0 Å². The predicted octanol–water partition coefficient (Wildman–Crippen LogP) is 1.60. The van der Waals surface area contributed by atoms with E-state index in [9.17, 15) is 4.79 Å². The zero-order valence-electron chi connectivity index (χ0n) is 15.7. The fraction of sp³-hybridized carbons (Fsp3) is 0.316. The number of carbonyl (C=O) groups excluding carboxylic acids is 1. The summed E-state index contributed by atoms with van der Waals surface area (Å²) in [7, 11) is 0. The maximum absolute atomic E-state index is 12.5. The number of nitrogens with zero attached hydrogens (tertiary/aromatic N) is 6. The summed E-state index contributed by atoms with van der Waals surface area (Å²) in [5.41, 5.74) is 2.06. The average Bonchev–Trinajstić information content (AvgIpc) is 3.22. The van der Waals surface area contributed by atoms with Crippen LogP contribution in [-0.4, -0.2) is 62.3 Å². The van der Waals surface area contributed by atoms with Gasteiger partial charge in [-0.2, -0.15) is 5.10 Å². The molecule has 0 aliphatic carbocycles. The summed E-state index contributed by atoms with van der Waals surface area (Å²) in [4.78, 5) is 29.3. The fourth-order valence-corrected chi connectivity index (χ4v) is 3.11. The molecule has 144 valence electrons. The van der Waals surface area contributed by atoms with Crippen molar-refractivity contribution in [1.29, 1.82) is 0 Å². The van der Waals surface area contributed by atoms with E-state index in [-0.39, 0.29) is 6.03 Å². The highest BCUT2D eigenvalue weighted by atomic mass is 16.2. The number of H-pyrrole nitrogens is 1. The van der Waals surface area contributed by atoms with Gasteiger partial charge in [-0.1, -0.05) is 0 Å². The van der Waals surface area contributed by atoms with Crippen molar-refractivity contribution in [2.45, 2.75) is 13.5 Å². The van der Waals surface area contributed by atoms with E-state index in [0.29, 0.717) is 31.3 Å². The van der Waals surface area contributed by atoms with Gasteiger partial charge in [-0.05, 0) is 36.8 Å². The van der Waals surface area contributed by atoms with Crippen LogP contribution in [-0.2, 0) is 6.54 Å². The fourth-order valence-electron chi connectivity index (χ4n) is 3.11. The number of hydrogen-bond donors (Lipinski definition) is 2. The van der Waals surface area contributed by atoms with Crippen LogP contribution in [0.5, 0.6) is 0 Å². The summed E-state index contributed by atoms with van der Waals surface area (Å²) < 4.78 is 0. The third-order valence-corrected chi connectivity index (χ3v) is 4.67. The minimum Gasteiger partial charge on any atom is -0.353 e. The van der Waals surface area contributed by atoms with Crippen LogP contribution < -0.4 is 10.2 Å². The summed E-state index contributed by atoms with van der Waals surface area (Å²) in [6.45, 7) is 5.19. The average molecular weight is 378 g/mol. The summed E-state index contributed by atoms with van der Waals surface area (Å²) in [6, 6.07) is 7.64. The van der Waals surface area contributed by atoms with E-state index in [1.807, 2.05) is 29.3 Å². The Morgan fingerprint density at radius 1 is 1.14 bits per heavy atom. The molecule has 0 aromatic carbocycles. The number of urea groups is 1. The molecule has 2 N–H and O–H groups in total. The molecule has 0 saturated carbocycles. The topological polar surface area (TPSA) is 103 Å². The first-order chi connectivity index (χ1) is 13.7. The molecule has 28 heavy (non-hydrogen) atoms. The zero-order chi connectivity index (χ0) is 19.3. The second kappa shape index (κ2) is 8.03. The van der Waals surface area contributed by atoms with Crippen molar-refractivity contribution in [2.24, 2.45) is 0 Å². The number of aromatic amines is 1. The number of aromatic nitrogens is 5. The second-order valence-corrected chi connectivity index (χ2v) is 6.67. The van der Waals surface area contributed by atoms with Crippen molar-refractivity contribution < 1.29 is 4.79 Å². The van der Waals surface area contributed by atoms with Gasteiger partial charge in [0.25, 0.3) is 0 Å². The Hall–Kier alpha value is -3.49. The molecule has 0 radical (unpaired) electrons. The maximum atomic E-state index is 12.5. The normalized spacial score (nSPS) is 14.2. The summed E-state index contributed by atoms with van der Waals surface area (Å²) in [5, 5.41) is 9.95. The number of carbonyl (C=O) groups is 1. The molecule has 2 amide bonds. The van der Waals surface area contributed by atoms with Crippen molar-refractivity contribution in [3.05, 3.63) is 54.2 Å². The lowest BCUT2D eigenvalue weighted by molar-refractivity contribution is 0.193. The van der Waals surface area contributed by atoms with E-state index in [0.717, 1.165) is 24.5 Å². The molecule has 1 fully saturated rings. The molecular weight excluding hydrogens is 356 g/mol. The molecule has 0 atom stereocenters. The predicted molar refractivity (Wildman–Crippen MR) is 105 cm³/mol. The number of aryl methyl sites for hydroxylation is 1. The Morgan fingerprint density at radius 2 is 1.93 bits per heavy atom. The maximum Gasteiger partial charge on any atom is 0.317 e. The molecular formula is C19H22N8O. The third kappa shape index (κ3) is 4.08. The van der Waals surface area contributed by atoms with Gasteiger partial charge in [0.15, 0.2) is 5.82 Å². The molecule has 0 bridgehead atoms. The van der Waals surface area contributed by atoms with Gasteiger partial charge in [0.2, 0.25) is 0 Å². The van der Waals surface area contributed by atoms with Crippen LogP contribution >= 0.6 is 0 Å². The molecule has 1 saturated heterocycles. The van der Waals surface area contributed by atoms with Crippen molar-refractivity contribution in [3.8, 4) is 11.4 Å². The Labute approximate surface area is 162 Å². The molecule has 0 unspecified atom stereocenters. The van der Waals surface area contributed by atoms with E-state index in [1.165, 1.54) is 5.56 Å². The second-order valence-electron chi connectivity index (χ2n) is 6.67. The van der Waals surface area contributed by atoms with Gasteiger partial charge in [0.1, 0.15) is 11.6 Å². The molecule has 9 nitrogen and oxygen atoms in total. The van der Waals surface area contributed by atoms with Crippen LogP contribution in [0.25, 0.3) is 11.4 Å². The largest absolute Gasteiger partial charge is 0.353 e. The van der Waals surface area contributed by atoms with Gasteiger partial charge in [-0.3, -0.25) is 10.1 Å². The Morgan fingerprint density at radius 3 is 2.68 bits per heavy atom. The number of rotatable bonds is 4. The molecule has 4 heterocycles. The van der Waals surface area contributed by atoms with Gasteiger partial charge in [0, 0.05) is 50.3 Å². The van der Waals surface area contributed by atoms with E-state index in [2.05, 4.69) is 48.4 Å². The monoisotopic (exact) mass is 378 g/mol. The first-order valence-corrected chi connectivity index (χ1v) is 9.21. The van der Waals surface area contributed by atoms with Crippen molar-refractivity contribution in [3.63, 3.8) is 0 Å². The van der Waals surface area contributed by atoms with Crippen molar-refractivity contribution in [2.75, 3.05) is 31.1 Å². The Bertz CT molecular complexity index is 934. The smallest absolute Gasteiger partial charge is 0.317 e. The van der Waals surface area contributed by atoms with Crippen molar-refractivity contribution >= 4 is 11.8 Å². The summed E-state index contributed by atoms with van der Waals surface area (Å²) >= 11 is 0. The van der Waals surface area contributed by atoms with Crippen LogP contribution in [0.2, 0.25) is 0 Å². The highest BCUT2D eigenvalue weighted by Gasteiger charge is 2.22. The first kappa shape index (κ1) is 17.9. The molecule has 4 rings (SSSR count). The standard InChI is InChI=1S/C19H22N8O/c1-14-2-7-21-17(12-14)26-8-10-27(11-9-26)19(28)22-13-16-23-18(25-24-16)15-3-5-20-6-4-15/h2-7,12H,8-11,13H2,1H3,(H,22,28)(H,23,24,25). The van der Waals surface area contributed by atoms with E-state index in [1.54, 1.807) is 12.4 Å². The van der Waals surface area contributed by atoms with Gasteiger partial charge >= 0.3 is 6.03 Å². The first-order valence-electron chi connectivity index (χ1n) is 9.21. The SMILES string of the molecule is Cc1ccnc(N2CCN(C(=O)NCc3nc(-c4ccncc4)n[nH]3)CC2)c1. The van der Waals surface area contributed by atoms with Crippen LogP contribution in [0.4, 0.5) is 10.6 Å². The number of pyridine rings is 2.